The number of ether oxygens (including phenoxy) is 2. The third kappa shape index (κ3) is 4.89. The predicted molar refractivity (Wildman–Crippen MR) is 105 cm³/mol. The van der Waals surface area contributed by atoms with Crippen LogP contribution in [0, 0.1) is 0 Å². The molecular weight excluding hydrogens is 380 g/mol. The summed E-state index contributed by atoms with van der Waals surface area (Å²) in [5.74, 6) is 0.00531. The monoisotopic (exact) mass is 402 g/mol. The topological polar surface area (TPSA) is 76.2 Å². The maximum atomic E-state index is 12.4. The second-order valence-corrected chi connectivity index (χ2v) is 7.13. The lowest BCUT2D eigenvalue weighted by molar-refractivity contribution is -0.134. The number of nitrogens with zero attached hydrogens (tertiary/aromatic N) is 2. The Morgan fingerprint density at radius 3 is 2.29 bits per heavy atom. The summed E-state index contributed by atoms with van der Waals surface area (Å²) in [5, 5.41) is 1.88. The van der Waals surface area contributed by atoms with Crippen LogP contribution in [0.2, 0.25) is 0 Å². The molecule has 1 aliphatic heterocycles. The zero-order valence-electron chi connectivity index (χ0n) is 15.6. The first kappa shape index (κ1) is 19.9. The molecule has 8 heteroatoms. The van der Waals surface area contributed by atoms with Crippen LogP contribution >= 0.6 is 11.3 Å². The van der Waals surface area contributed by atoms with Crippen LogP contribution in [-0.4, -0.2) is 67.0 Å². The van der Waals surface area contributed by atoms with Crippen LogP contribution in [0.15, 0.2) is 41.8 Å². The second kappa shape index (κ2) is 9.36. The summed E-state index contributed by atoms with van der Waals surface area (Å²) in [6, 6.07) is 10.1. The highest BCUT2D eigenvalue weighted by Crippen LogP contribution is 2.15. The van der Waals surface area contributed by atoms with Crippen molar-refractivity contribution in [2.75, 3.05) is 39.4 Å². The second-order valence-electron chi connectivity index (χ2n) is 6.18. The van der Waals surface area contributed by atoms with E-state index >= 15 is 0 Å². The highest BCUT2D eigenvalue weighted by molar-refractivity contribution is 7.12. The Balaban J connectivity index is 1.44. The van der Waals surface area contributed by atoms with Crippen LogP contribution in [0.4, 0.5) is 0 Å². The lowest BCUT2D eigenvalue weighted by atomic mass is 10.2. The van der Waals surface area contributed by atoms with Crippen molar-refractivity contribution in [1.29, 1.82) is 0 Å². The first-order valence-corrected chi connectivity index (χ1v) is 9.97. The number of carbonyl (C=O) groups is 3. The Kier molecular flexibility index (Phi) is 6.65. The molecule has 0 spiro atoms. The third-order valence-electron chi connectivity index (χ3n) is 4.38. The molecule has 7 nitrogen and oxygen atoms in total. The van der Waals surface area contributed by atoms with E-state index in [4.69, 9.17) is 9.47 Å². The lowest BCUT2D eigenvalue weighted by Gasteiger charge is -2.34. The molecule has 1 aliphatic rings. The molecule has 3 rings (SSSR count). The molecule has 2 heterocycles. The number of esters is 1. The molecule has 1 fully saturated rings. The summed E-state index contributed by atoms with van der Waals surface area (Å²) in [7, 11) is 0. The van der Waals surface area contributed by atoms with Gasteiger partial charge in [0.2, 0.25) is 0 Å². The normalized spacial score (nSPS) is 13.9. The minimum Gasteiger partial charge on any atom is -0.484 e. The van der Waals surface area contributed by atoms with E-state index in [-0.39, 0.29) is 24.4 Å². The van der Waals surface area contributed by atoms with Gasteiger partial charge >= 0.3 is 5.97 Å². The van der Waals surface area contributed by atoms with Crippen molar-refractivity contribution in [3.63, 3.8) is 0 Å². The summed E-state index contributed by atoms with van der Waals surface area (Å²) in [6.07, 6.45) is 0. The molecule has 0 radical (unpaired) electrons. The molecular formula is C20H22N2O5S. The van der Waals surface area contributed by atoms with Crippen LogP contribution in [0.25, 0.3) is 0 Å². The standard InChI is InChI=1S/C20H22N2O5S/c1-2-26-20(25)15-5-7-16(8-6-15)27-14-18(23)21-9-11-22(12-10-21)19(24)17-4-3-13-28-17/h3-8,13H,2,9-12,14H2,1H3. The van der Waals surface area contributed by atoms with Crippen LogP contribution in [0.3, 0.4) is 0 Å². The Morgan fingerprint density at radius 2 is 1.68 bits per heavy atom. The first-order valence-electron chi connectivity index (χ1n) is 9.09. The average molecular weight is 402 g/mol. The van der Waals surface area contributed by atoms with Crippen molar-refractivity contribution < 1.29 is 23.9 Å². The van der Waals surface area contributed by atoms with E-state index in [2.05, 4.69) is 0 Å². The fourth-order valence-corrected chi connectivity index (χ4v) is 3.54. The van der Waals surface area contributed by atoms with Gasteiger partial charge in [-0.3, -0.25) is 9.59 Å². The molecule has 148 valence electrons. The minimum atomic E-state index is -0.389. The van der Waals surface area contributed by atoms with Crippen molar-refractivity contribution >= 4 is 29.1 Å². The Bertz CT molecular complexity index is 812. The zero-order chi connectivity index (χ0) is 19.9. The molecule has 2 aromatic rings. The van der Waals surface area contributed by atoms with Gasteiger partial charge in [-0.25, -0.2) is 4.79 Å². The van der Waals surface area contributed by atoms with Crippen molar-refractivity contribution in [3.8, 4) is 5.75 Å². The number of carbonyl (C=O) groups excluding carboxylic acids is 3. The van der Waals surface area contributed by atoms with Gasteiger partial charge in [0.15, 0.2) is 6.61 Å². The van der Waals surface area contributed by atoms with E-state index in [0.29, 0.717) is 44.1 Å². The first-order chi connectivity index (χ1) is 13.6. The van der Waals surface area contributed by atoms with Crippen molar-refractivity contribution in [2.45, 2.75) is 6.92 Å². The van der Waals surface area contributed by atoms with Crippen molar-refractivity contribution in [1.82, 2.24) is 9.80 Å². The average Bonchev–Trinajstić information content (AvgIpc) is 3.27. The third-order valence-corrected chi connectivity index (χ3v) is 5.24. The molecule has 1 saturated heterocycles. The van der Waals surface area contributed by atoms with E-state index in [1.165, 1.54) is 11.3 Å². The molecule has 0 unspecified atom stereocenters. The smallest absolute Gasteiger partial charge is 0.338 e. The van der Waals surface area contributed by atoms with Gasteiger partial charge in [0.1, 0.15) is 5.75 Å². The number of benzene rings is 1. The number of amides is 2. The van der Waals surface area contributed by atoms with Crippen LogP contribution < -0.4 is 4.74 Å². The number of thiophene rings is 1. The van der Waals surface area contributed by atoms with Crippen molar-refractivity contribution in [2.24, 2.45) is 0 Å². The maximum absolute atomic E-state index is 12.4. The van der Waals surface area contributed by atoms with E-state index in [9.17, 15) is 14.4 Å². The molecule has 0 N–H and O–H groups in total. The maximum Gasteiger partial charge on any atom is 0.338 e. The Morgan fingerprint density at radius 1 is 1.00 bits per heavy atom. The van der Waals surface area contributed by atoms with E-state index in [1.807, 2.05) is 17.5 Å². The van der Waals surface area contributed by atoms with E-state index in [1.54, 1.807) is 41.0 Å². The Labute approximate surface area is 167 Å². The lowest BCUT2D eigenvalue weighted by Crippen LogP contribution is -2.51. The Hall–Kier alpha value is -2.87. The van der Waals surface area contributed by atoms with Gasteiger partial charge in [0.05, 0.1) is 17.0 Å². The number of hydrogen-bond acceptors (Lipinski definition) is 6. The molecule has 0 atom stereocenters. The molecule has 1 aromatic carbocycles. The predicted octanol–water partition coefficient (Wildman–Crippen LogP) is 2.29. The van der Waals surface area contributed by atoms with Crippen LogP contribution in [0.5, 0.6) is 5.75 Å². The summed E-state index contributed by atoms with van der Waals surface area (Å²) in [5.41, 5.74) is 0.437. The molecule has 28 heavy (non-hydrogen) atoms. The number of rotatable bonds is 6. The summed E-state index contributed by atoms with van der Waals surface area (Å²) >= 11 is 1.42. The quantitative estimate of drug-likeness (QED) is 0.693. The highest BCUT2D eigenvalue weighted by Gasteiger charge is 2.25. The van der Waals surface area contributed by atoms with Gasteiger partial charge < -0.3 is 19.3 Å². The SMILES string of the molecule is CCOC(=O)c1ccc(OCC(=O)N2CCN(C(=O)c3cccs3)CC2)cc1. The summed E-state index contributed by atoms with van der Waals surface area (Å²) in [4.78, 5) is 40.5. The van der Waals surface area contributed by atoms with Gasteiger partial charge in [-0.05, 0) is 42.6 Å². The number of hydrogen-bond donors (Lipinski definition) is 0. The molecule has 0 saturated carbocycles. The fraction of sp³-hybridized carbons (Fsp3) is 0.350. The molecule has 0 bridgehead atoms. The minimum absolute atomic E-state index is 0.0139. The van der Waals surface area contributed by atoms with E-state index in [0.717, 1.165) is 4.88 Å². The molecule has 2 amide bonds. The highest BCUT2D eigenvalue weighted by atomic mass is 32.1. The van der Waals surface area contributed by atoms with Crippen LogP contribution in [0.1, 0.15) is 27.0 Å². The zero-order valence-corrected chi connectivity index (χ0v) is 16.4. The van der Waals surface area contributed by atoms with Gasteiger partial charge in [-0.15, -0.1) is 11.3 Å². The molecule has 0 aliphatic carbocycles. The fourth-order valence-electron chi connectivity index (χ4n) is 2.85. The van der Waals surface area contributed by atoms with Gasteiger partial charge in [-0.2, -0.15) is 0 Å². The summed E-state index contributed by atoms with van der Waals surface area (Å²) in [6.45, 7) is 3.98. The van der Waals surface area contributed by atoms with E-state index < -0.39 is 0 Å². The van der Waals surface area contributed by atoms with Crippen molar-refractivity contribution in [3.05, 3.63) is 52.2 Å². The summed E-state index contributed by atoms with van der Waals surface area (Å²) < 4.78 is 10.5. The number of piperazine rings is 1. The van der Waals surface area contributed by atoms with Gasteiger partial charge in [0, 0.05) is 26.2 Å². The van der Waals surface area contributed by atoms with Gasteiger partial charge in [-0.1, -0.05) is 6.07 Å². The van der Waals surface area contributed by atoms with Crippen LogP contribution in [-0.2, 0) is 9.53 Å². The van der Waals surface area contributed by atoms with Gasteiger partial charge in [0.25, 0.3) is 11.8 Å². The largest absolute Gasteiger partial charge is 0.484 e. The molecule has 1 aromatic heterocycles.